The lowest BCUT2D eigenvalue weighted by Crippen LogP contribution is -2.41. The molecular formula is C16H23BrClN3O3. The number of likely N-dealkylation sites (tertiary alicyclic amines) is 1. The van der Waals surface area contributed by atoms with E-state index in [0.29, 0.717) is 16.5 Å². The Morgan fingerprint density at radius 3 is 2.46 bits per heavy atom. The monoisotopic (exact) mass is 419 g/mol. The van der Waals surface area contributed by atoms with Crippen molar-refractivity contribution in [2.24, 2.45) is 11.8 Å². The first-order valence-electron chi connectivity index (χ1n) is 8.04. The van der Waals surface area contributed by atoms with Crippen LogP contribution in [0.5, 0.6) is 0 Å². The molecule has 2 amide bonds. The van der Waals surface area contributed by atoms with Gasteiger partial charge in [-0.05, 0) is 65.8 Å². The van der Waals surface area contributed by atoms with Crippen LogP contribution >= 0.6 is 28.3 Å². The molecule has 6 nitrogen and oxygen atoms in total. The van der Waals surface area contributed by atoms with Gasteiger partial charge in [0.25, 0.3) is 5.91 Å². The number of nitrogens with zero attached hydrogens (tertiary/aromatic N) is 2. The second-order valence-corrected chi connectivity index (χ2v) is 7.18. The number of rotatable bonds is 3. The first-order chi connectivity index (χ1) is 11.0. The highest BCUT2D eigenvalue weighted by atomic mass is 79.9. The van der Waals surface area contributed by atoms with Gasteiger partial charge in [-0.3, -0.25) is 9.59 Å². The zero-order valence-corrected chi connectivity index (χ0v) is 16.1. The molecule has 24 heavy (non-hydrogen) atoms. The smallest absolute Gasteiger partial charge is 0.289 e. The average Bonchev–Trinajstić information content (AvgIpc) is 3.11. The Kier molecular flexibility index (Phi) is 6.71. The topological polar surface area (TPSA) is 65.8 Å². The summed E-state index contributed by atoms with van der Waals surface area (Å²) in [4.78, 5) is 28.1. The number of fused-ring (bicyclic) bond motifs is 1. The van der Waals surface area contributed by atoms with Crippen LogP contribution in [0.1, 0.15) is 23.4 Å². The molecule has 2 aliphatic heterocycles. The molecule has 1 N–H and O–H groups in total. The molecular weight excluding hydrogens is 398 g/mol. The van der Waals surface area contributed by atoms with Crippen LogP contribution in [0.25, 0.3) is 0 Å². The van der Waals surface area contributed by atoms with Crippen molar-refractivity contribution in [2.45, 2.75) is 12.8 Å². The standard InChI is InChI=1S/C16H22BrN3O3.ClH/c1-19(16(22)13-2-3-14(17)23-13)10-15(21)20-6-4-11-8-18-9-12(11)5-7-20;/h2-3,11-12,18H,4-10H2,1H3;1H/t11-,12+;. The molecule has 0 bridgehead atoms. The summed E-state index contributed by atoms with van der Waals surface area (Å²) in [6.07, 6.45) is 2.10. The predicted octanol–water partition coefficient (Wildman–Crippen LogP) is 1.99. The van der Waals surface area contributed by atoms with E-state index >= 15 is 0 Å². The molecule has 0 spiro atoms. The normalized spacial score (nSPS) is 23.2. The lowest BCUT2D eigenvalue weighted by molar-refractivity contribution is -0.131. The molecule has 134 valence electrons. The van der Waals surface area contributed by atoms with Gasteiger partial charge in [-0.25, -0.2) is 0 Å². The summed E-state index contributed by atoms with van der Waals surface area (Å²) in [7, 11) is 1.63. The van der Waals surface area contributed by atoms with E-state index in [2.05, 4.69) is 21.2 Å². The quantitative estimate of drug-likeness (QED) is 0.812. The number of carbonyl (C=O) groups is 2. The Balaban J connectivity index is 0.00000208. The van der Waals surface area contributed by atoms with Crippen LogP contribution in [0.2, 0.25) is 0 Å². The van der Waals surface area contributed by atoms with Crippen LogP contribution < -0.4 is 5.32 Å². The summed E-state index contributed by atoms with van der Waals surface area (Å²) >= 11 is 3.18. The van der Waals surface area contributed by atoms with Gasteiger partial charge in [0.1, 0.15) is 0 Å². The molecule has 1 aromatic rings. The van der Waals surface area contributed by atoms with Crippen molar-refractivity contribution >= 4 is 40.2 Å². The van der Waals surface area contributed by atoms with Gasteiger partial charge in [0, 0.05) is 20.1 Å². The van der Waals surface area contributed by atoms with Gasteiger partial charge in [0.15, 0.2) is 10.4 Å². The lowest BCUT2D eigenvalue weighted by Gasteiger charge is -2.24. The number of hydrogen-bond acceptors (Lipinski definition) is 4. The molecule has 8 heteroatoms. The Hall–Kier alpha value is -1.05. The fraction of sp³-hybridized carbons (Fsp3) is 0.625. The maximum Gasteiger partial charge on any atom is 0.289 e. The van der Waals surface area contributed by atoms with E-state index in [1.165, 1.54) is 4.90 Å². The highest BCUT2D eigenvalue weighted by molar-refractivity contribution is 9.10. The van der Waals surface area contributed by atoms with E-state index in [1.807, 2.05) is 4.90 Å². The molecule has 0 aliphatic carbocycles. The van der Waals surface area contributed by atoms with Crippen molar-refractivity contribution in [3.05, 3.63) is 22.6 Å². The lowest BCUT2D eigenvalue weighted by atomic mass is 9.92. The van der Waals surface area contributed by atoms with Crippen molar-refractivity contribution in [1.82, 2.24) is 15.1 Å². The largest absolute Gasteiger partial charge is 0.444 e. The van der Waals surface area contributed by atoms with Crippen molar-refractivity contribution in [3.8, 4) is 0 Å². The second kappa shape index (κ2) is 8.36. The second-order valence-electron chi connectivity index (χ2n) is 6.40. The molecule has 1 aromatic heterocycles. The summed E-state index contributed by atoms with van der Waals surface area (Å²) in [6, 6.07) is 3.28. The number of amides is 2. The molecule has 0 radical (unpaired) electrons. The summed E-state index contributed by atoms with van der Waals surface area (Å²) < 4.78 is 5.76. The van der Waals surface area contributed by atoms with Crippen LogP contribution in [-0.4, -0.2) is 61.4 Å². The minimum Gasteiger partial charge on any atom is -0.444 e. The van der Waals surface area contributed by atoms with E-state index in [9.17, 15) is 9.59 Å². The van der Waals surface area contributed by atoms with Gasteiger partial charge in [-0.1, -0.05) is 0 Å². The van der Waals surface area contributed by atoms with Crippen LogP contribution in [0.3, 0.4) is 0 Å². The number of furan rings is 1. The van der Waals surface area contributed by atoms with E-state index in [1.54, 1.807) is 19.2 Å². The third kappa shape index (κ3) is 4.32. The van der Waals surface area contributed by atoms with Gasteiger partial charge in [0.2, 0.25) is 5.91 Å². The summed E-state index contributed by atoms with van der Waals surface area (Å²) in [6.45, 7) is 3.80. The predicted molar refractivity (Wildman–Crippen MR) is 96.3 cm³/mol. The minimum absolute atomic E-state index is 0. The van der Waals surface area contributed by atoms with Crippen molar-refractivity contribution < 1.29 is 14.0 Å². The average molecular weight is 421 g/mol. The first-order valence-corrected chi connectivity index (χ1v) is 8.83. The van der Waals surface area contributed by atoms with Crippen LogP contribution in [-0.2, 0) is 4.79 Å². The fourth-order valence-electron chi connectivity index (χ4n) is 3.46. The number of halogens is 2. The Morgan fingerprint density at radius 2 is 1.92 bits per heavy atom. The van der Waals surface area contributed by atoms with Crippen molar-refractivity contribution in [3.63, 3.8) is 0 Å². The summed E-state index contributed by atoms with van der Waals surface area (Å²) in [5.74, 6) is 1.35. The molecule has 2 fully saturated rings. The zero-order chi connectivity index (χ0) is 16.4. The Labute approximate surface area is 156 Å². The molecule has 0 aromatic carbocycles. The number of hydrogen-bond donors (Lipinski definition) is 1. The Morgan fingerprint density at radius 1 is 1.29 bits per heavy atom. The van der Waals surface area contributed by atoms with Gasteiger partial charge < -0.3 is 19.5 Å². The van der Waals surface area contributed by atoms with Gasteiger partial charge >= 0.3 is 0 Å². The maximum absolute atomic E-state index is 12.5. The van der Waals surface area contributed by atoms with Gasteiger partial charge in [-0.2, -0.15) is 0 Å². The third-order valence-corrected chi connectivity index (χ3v) is 5.30. The molecule has 0 unspecified atom stereocenters. The molecule has 0 saturated carbocycles. The zero-order valence-electron chi connectivity index (χ0n) is 13.7. The van der Waals surface area contributed by atoms with E-state index in [-0.39, 0.29) is 36.5 Å². The van der Waals surface area contributed by atoms with Crippen LogP contribution in [0.15, 0.2) is 21.2 Å². The maximum atomic E-state index is 12.5. The molecule has 2 saturated heterocycles. The van der Waals surface area contributed by atoms with Gasteiger partial charge in [0.05, 0.1) is 6.54 Å². The fourth-order valence-corrected chi connectivity index (χ4v) is 3.77. The first kappa shape index (κ1) is 19.3. The molecule has 3 rings (SSSR count). The van der Waals surface area contributed by atoms with Crippen LogP contribution in [0, 0.1) is 11.8 Å². The minimum atomic E-state index is -0.278. The molecule has 3 heterocycles. The van der Waals surface area contributed by atoms with Crippen LogP contribution in [0.4, 0.5) is 0 Å². The number of likely N-dealkylation sites (N-methyl/N-ethyl adjacent to an activating group) is 1. The van der Waals surface area contributed by atoms with E-state index < -0.39 is 0 Å². The van der Waals surface area contributed by atoms with Gasteiger partial charge in [-0.15, -0.1) is 12.4 Å². The molecule has 2 atom stereocenters. The number of nitrogens with one attached hydrogen (secondary N) is 1. The SMILES string of the molecule is CN(CC(=O)N1CC[C@@H]2CNC[C@@H]2CC1)C(=O)c1ccc(Br)o1.Cl. The summed E-state index contributed by atoms with van der Waals surface area (Å²) in [5, 5.41) is 3.43. The number of carbonyl (C=O) groups excluding carboxylic acids is 2. The summed E-state index contributed by atoms with van der Waals surface area (Å²) in [5.41, 5.74) is 0. The molecule has 2 aliphatic rings. The van der Waals surface area contributed by atoms with E-state index in [0.717, 1.165) is 39.0 Å². The van der Waals surface area contributed by atoms with E-state index in [4.69, 9.17) is 4.42 Å². The van der Waals surface area contributed by atoms with Crippen molar-refractivity contribution in [1.29, 1.82) is 0 Å². The Bertz CT molecular complexity index is 581. The highest BCUT2D eigenvalue weighted by Crippen LogP contribution is 2.27. The highest BCUT2D eigenvalue weighted by Gasteiger charge is 2.32. The van der Waals surface area contributed by atoms with Crippen molar-refractivity contribution in [2.75, 3.05) is 39.8 Å². The third-order valence-electron chi connectivity index (χ3n) is 4.88.